The van der Waals surface area contributed by atoms with Crippen molar-refractivity contribution in [1.29, 1.82) is 0 Å². The summed E-state index contributed by atoms with van der Waals surface area (Å²) in [7, 11) is 0. The summed E-state index contributed by atoms with van der Waals surface area (Å²) in [6.45, 7) is 0.532. The highest BCUT2D eigenvalue weighted by atomic mass is 35.5. The second-order valence-corrected chi connectivity index (χ2v) is 4.89. The maximum Gasteiger partial charge on any atom is 0.339 e. The molecule has 4 heteroatoms. The number of halogens is 1. The van der Waals surface area contributed by atoms with Crippen LogP contribution in [-0.4, -0.2) is 12.5 Å². The molecule has 0 fully saturated rings. The number of rotatable bonds is 3. The fourth-order valence-electron chi connectivity index (χ4n) is 2.77. The third kappa shape index (κ3) is 2.53. The summed E-state index contributed by atoms with van der Waals surface area (Å²) in [6, 6.07) is 6.10. The molecule has 3 rings (SSSR count). The second kappa shape index (κ2) is 5.76. The van der Waals surface area contributed by atoms with E-state index in [4.69, 9.17) is 10.5 Å². The molecule has 0 spiro atoms. The van der Waals surface area contributed by atoms with E-state index >= 15 is 0 Å². The molecule has 1 heterocycles. The lowest BCUT2D eigenvalue weighted by atomic mass is 9.97. The van der Waals surface area contributed by atoms with Gasteiger partial charge in [-0.3, -0.25) is 0 Å². The van der Waals surface area contributed by atoms with E-state index in [0.717, 1.165) is 29.5 Å². The van der Waals surface area contributed by atoms with E-state index in [1.807, 2.05) is 12.1 Å². The Balaban J connectivity index is 0.00000133. The Kier molecular flexibility index (Phi) is 4.27. The minimum Gasteiger partial charge on any atom is -0.454 e. The Morgan fingerprint density at radius 2 is 2.21 bits per heavy atom. The quantitative estimate of drug-likeness (QED) is 0.864. The first kappa shape index (κ1) is 14.1. The zero-order chi connectivity index (χ0) is 12.5. The monoisotopic (exact) mass is 279 g/mol. The van der Waals surface area contributed by atoms with Crippen molar-refractivity contribution in [2.24, 2.45) is 5.73 Å². The smallest absolute Gasteiger partial charge is 0.339 e. The second-order valence-electron chi connectivity index (χ2n) is 4.89. The Bertz CT molecular complexity index is 525. The van der Waals surface area contributed by atoms with Crippen LogP contribution in [0, 0.1) is 0 Å². The normalized spacial score (nSPS) is 20.6. The molecule has 2 aliphatic rings. The summed E-state index contributed by atoms with van der Waals surface area (Å²) in [5.41, 5.74) is 9.77. The van der Waals surface area contributed by atoms with Crippen LogP contribution in [0.3, 0.4) is 0 Å². The van der Waals surface area contributed by atoms with Crippen molar-refractivity contribution in [2.45, 2.75) is 31.8 Å². The minimum atomic E-state index is -0.205. The van der Waals surface area contributed by atoms with Gasteiger partial charge < -0.3 is 10.5 Å². The largest absolute Gasteiger partial charge is 0.454 e. The number of ether oxygens (including phenoxy) is 1. The molecule has 1 aliphatic heterocycles. The lowest BCUT2D eigenvalue weighted by Crippen LogP contribution is -2.06. The van der Waals surface area contributed by atoms with E-state index in [9.17, 15) is 4.79 Å². The van der Waals surface area contributed by atoms with Gasteiger partial charge in [-0.2, -0.15) is 0 Å². The molecule has 1 aliphatic carbocycles. The average Bonchev–Trinajstić information content (AvgIpc) is 2.99. The van der Waals surface area contributed by atoms with Crippen LogP contribution in [0.15, 0.2) is 24.3 Å². The molecule has 1 aromatic carbocycles. The van der Waals surface area contributed by atoms with Crippen LogP contribution in [-0.2, 0) is 4.74 Å². The topological polar surface area (TPSA) is 52.3 Å². The third-order valence-electron chi connectivity index (χ3n) is 3.71. The van der Waals surface area contributed by atoms with Crippen molar-refractivity contribution < 1.29 is 9.53 Å². The summed E-state index contributed by atoms with van der Waals surface area (Å²) in [4.78, 5) is 11.8. The average molecular weight is 280 g/mol. The first-order chi connectivity index (χ1) is 8.79. The van der Waals surface area contributed by atoms with Crippen LogP contribution in [0.1, 0.15) is 53.3 Å². The van der Waals surface area contributed by atoms with E-state index in [1.54, 1.807) is 0 Å². The molecule has 1 unspecified atom stereocenters. The molecule has 0 bridgehead atoms. The summed E-state index contributed by atoms with van der Waals surface area (Å²) < 4.78 is 5.35. The zero-order valence-corrected chi connectivity index (χ0v) is 11.5. The number of carbonyl (C=O) groups excluding carboxylic acids is 1. The number of hydrogen-bond acceptors (Lipinski definition) is 3. The molecule has 0 saturated heterocycles. The summed E-state index contributed by atoms with van der Waals surface area (Å²) in [6.07, 6.45) is 6.28. The predicted molar refractivity (Wildman–Crippen MR) is 77.3 cm³/mol. The molecule has 19 heavy (non-hydrogen) atoms. The van der Waals surface area contributed by atoms with Crippen LogP contribution >= 0.6 is 12.4 Å². The van der Waals surface area contributed by atoms with Crippen molar-refractivity contribution in [3.63, 3.8) is 0 Å². The van der Waals surface area contributed by atoms with E-state index in [2.05, 4.69) is 12.1 Å². The van der Waals surface area contributed by atoms with Crippen LogP contribution < -0.4 is 5.73 Å². The Hall–Kier alpha value is -1.32. The van der Waals surface area contributed by atoms with Crippen LogP contribution in [0.25, 0.3) is 5.57 Å². The first-order valence-electron chi connectivity index (χ1n) is 6.54. The van der Waals surface area contributed by atoms with Gasteiger partial charge in [-0.05, 0) is 43.0 Å². The van der Waals surface area contributed by atoms with Gasteiger partial charge in [-0.25, -0.2) is 4.79 Å². The number of benzene rings is 1. The third-order valence-corrected chi connectivity index (χ3v) is 3.71. The molecule has 0 saturated carbocycles. The molecule has 2 N–H and O–H groups in total. The number of fused-ring (bicyclic) bond motifs is 1. The molecule has 1 atom stereocenters. The number of cyclic esters (lactones) is 1. The first-order valence-corrected chi connectivity index (χ1v) is 6.54. The molecule has 102 valence electrons. The number of carbonyl (C=O) groups is 1. The van der Waals surface area contributed by atoms with Gasteiger partial charge in [0.15, 0.2) is 0 Å². The van der Waals surface area contributed by atoms with Crippen molar-refractivity contribution in [3.05, 3.63) is 41.0 Å². The van der Waals surface area contributed by atoms with Crippen molar-refractivity contribution >= 4 is 23.9 Å². The van der Waals surface area contributed by atoms with E-state index in [0.29, 0.717) is 13.0 Å². The van der Waals surface area contributed by atoms with Gasteiger partial charge in [-0.15, -0.1) is 12.4 Å². The van der Waals surface area contributed by atoms with Crippen molar-refractivity contribution in [2.75, 3.05) is 6.54 Å². The highest BCUT2D eigenvalue weighted by molar-refractivity contribution is 5.95. The van der Waals surface area contributed by atoms with Gasteiger partial charge in [0.2, 0.25) is 0 Å². The van der Waals surface area contributed by atoms with Gasteiger partial charge in [0, 0.05) is 12.0 Å². The number of allylic oxidation sites excluding steroid dienone is 2. The molecule has 0 amide bonds. The molecular weight excluding hydrogens is 262 g/mol. The fraction of sp³-hybridized carbons (Fsp3) is 0.400. The number of hydrogen-bond donors (Lipinski definition) is 1. The maximum absolute atomic E-state index is 11.8. The minimum absolute atomic E-state index is 0. The molecular formula is C15H18ClNO2. The summed E-state index contributed by atoms with van der Waals surface area (Å²) in [5, 5.41) is 0. The zero-order valence-electron chi connectivity index (χ0n) is 10.7. The Morgan fingerprint density at radius 1 is 1.37 bits per heavy atom. The lowest BCUT2D eigenvalue weighted by Gasteiger charge is -2.09. The Labute approximate surface area is 119 Å². The van der Waals surface area contributed by atoms with Gasteiger partial charge in [0.25, 0.3) is 0 Å². The standard InChI is InChI=1S/C15H17NO2.ClH/c16-8-7-14-12-6-5-11(10-3-1-2-4-10)9-13(12)15(17)18-14;/h3,5-6,9,14H,1-2,4,7-8,16H2;1H. The molecule has 0 aromatic heterocycles. The summed E-state index contributed by atoms with van der Waals surface area (Å²) in [5.74, 6) is -0.205. The molecule has 3 nitrogen and oxygen atoms in total. The van der Waals surface area contributed by atoms with E-state index < -0.39 is 0 Å². The fourth-order valence-corrected chi connectivity index (χ4v) is 2.77. The summed E-state index contributed by atoms with van der Waals surface area (Å²) >= 11 is 0. The highest BCUT2D eigenvalue weighted by Crippen LogP contribution is 2.36. The molecule has 1 aromatic rings. The SMILES string of the molecule is Cl.NCCC1OC(=O)c2cc(C3=CCCC3)ccc21. The van der Waals surface area contributed by atoms with Crippen molar-refractivity contribution in [1.82, 2.24) is 0 Å². The van der Waals surface area contributed by atoms with Gasteiger partial charge in [-0.1, -0.05) is 18.2 Å². The van der Waals surface area contributed by atoms with E-state index in [1.165, 1.54) is 12.0 Å². The molecule has 0 radical (unpaired) electrons. The predicted octanol–water partition coefficient (Wildman–Crippen LogP) is 3.24. The van der Waals surface area contributed by atoms with E-state index in [-0.39, 0.29) is 24.5 Å². The maximum atomic E-state index is 11.8. The van der Waals surface area contributed by atoms with Gasteiger partial charge >= 0.3 is 5.97 Å². The Morgan fingerprint density at radius 3 is 2.89 bits per heavy atom. The van der Waals surface area contributed by atoms with Crippen LogP contribution in [0.2, 0.25) is 0 Å². The van der Waals surface area contributed by atoms with Crippen LogP contribution in [0.5, 0.6) is 0 Å². The highest BCUT2D eigenvalue weighted by Gasteiger charge is 2.30. The lowest BCUT2D eigenvalue weighted by molar-refractivity contribution is 0.0374. The van der Waals surface area contributed by atoms with Crippen molar-refractivity contribution in [3.8, 4) is 0 Å². The van der Waals surface area contributed by atoms with Gasteiger partial charge in [0.1, 0.15) is 6.10 Å². The van der Waals surface area contributed by atoms with Crippen LogP contribution in [0.4, 0.5) is 0 Å². The number of esters is 1. The number of nitrogens with two attached hydrogens (primary N) is 1. The van der Waals surface area contributed by atoms with Gasteiger partial charge in [0.05, 0.1) is 5.56 Å².